The third-order valence-corrected chi connectivity index (χ3v) is 5.22. The Morgan fingerprint density at radius 1 is 0.450 bits per heavy atom. The van der Waals surface area contributed by atoms with Gasteiger partial charge in [0.05, 0.1) is 0 Å². The van der Waals surface area contributed by atoms with Crippen LogP contribution < -0.4 is 0 Å². The summed E-state index contributed by atoms with van der Waals surface area (Å²) < 4.78 is 0. The van der Waals surface area contributed by atoms with Gasteiger partial charge >= 0.3 is 0 Å². The molecule has 0 N–H and O–H groups in total. The van der Waals surface area contributed by atoms with E-state index in [-0.39, 0.29) is 0 Å². The highest BCUT2D eigenvalue weighted by Gasteiger charge is 2.14. The smallest absolute Gasteiger partial charge is 0.0120 e. The van der Waals surface area contributed by atoms with E-state index in [9.17, 15) is 0 Å². The lowest BCUT2D eigenvalue weighted by atomic mass is 9.85. The van der Waals surface area contributed by atoms with Crippen LogP contribution >= 0.6 is 0 Å². The van der Waals surface area contributed by atoms with E-state index < -0.39 is 0 Å². The molecule has 0 fully saturated rings. The number of aryl methyl sites for hydroxylation is 2. The first-order valence-electron chi connectivity index (χ1n) is 7.40. The highest BCUT2D eigenvalue weighted by molar-refractivity contribution is 5.76. The van der Waals surface area contributed by atoms with Gasteiger partial charge in [0.15, 0.2) is 0 Å². The second-order valence-electron chi connectivity index (χ2n) is 6.24. The summed E-state index contributed by atoms with van der Waals surface area (Å²) >= 11 is 0. The van der Waals surface area contributed by atoms with Crippen LogP contribution in [0.3, 0.4) is 0 Å². The molecule has 0 spiro atoms. The molecule has 20 heavy (non-hydrogen) atoms. The Hall–Kier alpha value is -1.56. The van der Waals surface area contributed by atoms with Crippen molar-refractivity contribution in [2.24, 2.45) is 0 Å². The van der Waals surface area contributed by atoms with Crippen LogP contribution in [-0.4, -0.2) is 0 Å². The van der Waals surface area contributed by atoms with Gasteiger partial charge in [0.25, 0.3) is 0 Å². The molecule has 0 aliphatic heterocycles. The molecular formula is C20H26. The molecule has 0 amide bonds. The monoisotopic (exact) mass is 266 g/mol. The Morgan fingerprint density at radius 2 is 0.800 bits per heavy atom. The first-order valence-corrected chi connectivity index (χ1v) is 7.40. The van der Waals surface area contributed by atoms with E-state index >= 15 is 0 Å². The van der Waals surface area contributed by atoms with E-state index in [2.05, 4.69) is 67.5 Å². The lowest BCUT2D eigenvalue weighted by Crippen LogP contribution is -2.00. The number of hydrogen-bond donors (Lipinski definition) is 0. The predicted molar refractivity (Wildman–Crippen MR) is 89.8 cm³/mol. The number of rotatable bonds is 1. The van der Waals surface area contributed by atoms with Crippen LogP contribution in [0.15, 0.2) is 12.1 Å². The molecule has 0 aromatic heterocycles. The Balaban J connectivity index is 2.83. The molecule has 2 aromatic carbocycles. The summed E-state index contributed by atoms with van der Waals surface area (Å²) in [6.45, 7) is 17.9. The maximum Gasteiger partial charge on any atom is -0.0120 e. The zero-order valence-corrected chi connectivity index (χ0v) is 14.2. The summed E-state index contributed by atoms with van der Waals surface area (Å²) in [5, 5.41) is 0. The maximum absolute atomic E-state index is 2.34. The molecule has 0 unspecified atom stereocenters. The number of benzene rings is 2. The molecule has 0 radical (unpaired) electrons. The molecule has 0 saturated carbocycles. The Labute approximate surface area is 123 Å². The predicted octanol–water partition coefficient (Wildman–Crippen LogP) is 5.82. The Morgan fingerprint density at radius 3 is 1.20 bits per heavy atom. The summed E-state index contributed by atoms with van der Waals surface area (Å²) in [7, 11) is 0. The third kappa shape index (κ3) is 2.18. The van der Waals surface area contributed by atoms with Crippen molar-refractivity contribution in [3.8, 4) is 11.1 Å². The van der Waals surface area contributed by atoms with Gasteiger partial charge in [-0.1, -0.05) is 12.1 Å². The largest absolute Gasteiger partial charge is 0.0511 e. The van der Waals surface area contributed by atoms with Crippen molar-refractivity contribution < 1.29 is 0 Å². The first-order chi connectivity index (χ1) is 9.25. The lowest BCUT2D eigenvalue weighted by molar-refractivity contribution is 1.17. The fourth-order valence-corrected chi connectivity index (χ4v) is 3.11. The zero-order chi connectivity index (χ0) is 15.2. The fraction of sp³-hybridized carbons (Fsp3) is 0.400. The van der Waals surface area contributed by atoms with Crippen molar-refractivity contribution in [1.82, 2.24) is 0 Å². The molecule has 0 aliphatic rings. The van der Waals surface area contributed by atoms with Crippen LogP contribution in [-0.2, 0) is 0 Å². The number of hydrogen-bond acceptors (Lipinski definition) is 0. The van der Waals surface area contributed by atoms with Crippen molar-refractivity contribution >= 4 is 0 Å². The highest BCUT2D eigenvalue weighted by Crippen LogP contribution is 2.35. The van der Waals surface area contributed by atoms with Crippen LogP contribution in [0.5, 0.6) is 0 Å². The van der Waals surface area contributed by atoms with Gasteiger partial charge in [-0.25, -0.2) is 0 Å². The quantitative estimate of drug-likeness (QED) is 0.610. The van der Waals surface area contributed by atoms with E-state index in [4.69, 9.17) is 0 Å². The van der Waals surface area contributed by atoms with Gasteiger partial charge in [-0.3, -0.25) is 0 Å². The van der Waals surface area contributed by atoms with Gasteiger partial charge in [0.1, 0.15) is 0 Å². The molecule has 0 nitrogen and oxygen atoms in total. The topological polar surface area (TPSA) is 0 Å². The SMILES string of the molecule is Cc1cc(-c2c(C)c(C)c(C)c(C)c2C)cc(C)c1C. The summed E-state index contributed by atoms with van der Waals surface area (Å²) in [5.74, 6) is 0. The summed E-state index contributed by atoms with van der Waals surface area (Å²) in [5.41, 5.74) is 14.1. The van der Waals surface area contributed by atoms with Crippen molar-refractivity contribution in [2.75, 3.05) is 0 Å². The normalized spacial score (nSPS) is 11.0. The van der Waals surface area contributed by atoms with Gasteiger partial charge in [-0.15, -0.1) is 0 Å². The average Bonchev–Trinajstić information content (AvgIpc) is 2.40. The molecule has 0 aliphatic carbocycles. The minimum atomic E-state index is 1.37. The van der Waals surface area contributed by atoms with Gasteiger partial charge in [-0.2, -0.15) is 0 Å². The summed E-state index contributed by atoms with van der Waals surface area (Å²) in [4.78, 5) is 0. The molecule has 2 aromatic rings. The minimum absolute atomic E-state index is 1.37. The van der Waals surface area contributed by atoms with E-state index in [1.165, 1.54) is 55.6 Å². The second-order valence-corrected chi connectivity index (χ2v) is 6.24. The van der Waals surface area contributed by atoms with Crippen molar-refractivity contribution in [3.05, 3.63) is 56.6 Å². The van der Waals surface area contributed by atoms with Gasteiger partial charge in [0, 0.05) is 0 Å². The molecule has 106 valence electrons. The highest BCUT2D eigenvalue weighted by atomic mass is 14.2. The molecule has 0 heterocycles. The average molecular weight is 266 g/mol. The van der Waals surface area contributed by atoms with Crippen molar-refractivity contribution in [2.45, 2.75) is 55.4 Å². The summed E-state index contributed by atoms with van der Waals surface area (Å²) in [6.07, 6.45) is 0. The lowest BCUT2D eigenvalue weighted by Gasteiger charge is -2.20. The van der Waals surface area contributed by atoms with E-state index in [1.807, 2.05) is 0 Å². The third-order valence-electron chi connectivity index (χ3n) is 5.22. The summed E-state index contributed by atoms with van der Waals surface area (Å²) in [6, 6.07) is 4.68. The molecule has 0 heteroatoms. The van der Waals surface area contributed by atoms with E-state index in [1.54, 1.807) is 0 Å². The van der Waals surface area contributed by atoms with Gasteiger partial charge < -0.3 is 0 Å². The molecule has 0 bridgehead atoms. The first kappa shape index (κ1) is 14.8. The zero-order valence-electron chi connectivity index (χ0n) is 14.2. The Kier molecular flexibility index (Phi) is 3.77. The van der Waals surface area contributed by atoms with Crippen LogP contribution in [0.1, 0.15) is 44.5 Å². The van der Waals surface area contributed by atoms with Gasteiger partial charge in [-0.05, 0) is 111 Å². The second kappa shape index (κ2) is 5.09. The molecule has 0 saturated heterocycles. The van der Waals surface area contributed by atoms with Gasteiger partial charge in [0.2, 0.25) is 0 Å². The van der Waals surface area contributed by atoms with Crippen LogP contribution in [0.4, 0.5) is 0 Å². The molecule has 2 rings (SSSR count). The fourth-order valence-electron chi connectivity index (χ4n) is 3.11. The minimum Gasteiger partial charge on any atom is -0.0511 e. The van der Waals surface area contributed by atoms with E-state index in [0.29, 0.717) is 0 Å². The van der Waals surface area contributed by atoms with Crippen molar-refractivity contribution in [3.63, 3.8) is 0 Å². The maximum atomic E-state index is 2.34. The van der Waals surface area contributed by atoms with E-state index in [0.717, 1.165) is 0 Å². The Bertz CT molecular complexity index is 636. The van der Waals surface area contributed by atoms with Crippen molar-refractivity contribution in [1.29, 1.82) is 0 Å². The van der Waals surface area contributed by atoms with Crippen LogP contribution in [0, 0.1) is 55.4 Å². The molecular weight excluding hydrogens is 240 g/mol. The van der Waals surface area contributed by atoms with Crippen LogP contribution in [0.25, 0.3) is 11.1 Å². The van der Waals surface area contributed by atoms with Crippen LogP contribution in [0.2, 0.25) is 0 Å². The standard InChI is InChI=1S/C20H26/c1-11-9-19(10-12(2)13(11)3)20-17(7)15(5)14(4)16(6)18(20)8/h9-10H,1-8H3. The molecule has 0 atom stereocenters.